The van der Waals surface area contributed by atoms with E-state index in [4.69, 9.17) is 10.5 Å². The first-order valence-corrected chi connectivity index (χ1v) is 5.74. The lowest BCUT2D eigenvalue weighted by Gasteiger charge is -2.19. The van der Waals surface area contributed by atoms with Gasteiger partial charge in [0.05, 0.1) is 5.69 Å². The number of nitrogens with zero attached hydrogens (tertiary/aromatic N) is 2. The third-order valence-electron chi connectivity index (χ3n) is 2.69. The second-order valence-electron chi connectivity index (χ2n) is 5.13. The van der Waals surface area contributed by atoms with Crippen molar-refractivity contribution in [3.8, 4) is 5.75 Å². The van der Waals surface area contributed by atoms with Gasteiger partial charge in [0.2, 0.25) is 0 Å². The van der Waals surface area contributed by atoms with Crippen molar-refractivity contribution in [1.29, 1.82) is 0 Å². The van der Waals surface area contributed by atoms with Crippen molar-refractivity contribution in [1.82, 2.24) is 9.38 Å². The van der Waals surface area contributed by atoms with E-state index in [9.17, 15) is 0 Å². The van der Waals surface area contributed by atoms with Crippen molar-refractivity contribution in [3.05, 3.63) is 29.7 Å². The zero-order valence-electron chi connectivity index (χ0n) is 10.8. The molecule has 2 N–H and O–H groups in total. The Labute approximate surface area is 101 Å². The van der Waals surface area contributed by atoms with Crippen LogP contribution in [0.15, 0.2) is 18.3 Å². The molecule has 2 rings (SSSR count). The molecule has 0 amide bonds. The summed E-state index contributed by atoms with van der Waals surface area (Å²) in [5, 5.41) is 0. The van der Waals surface area contributed by atoms with Crippen molar-refractivity contribution in [2.24, 2.45) is 5.73 Å². The quantitative estimate of drug-likeness (QED) is 0.883. The molecule has 0 radical (unpaired) electrons. The first-order valence-electron chi connectivity index (χ1n) is 5.74. The van der Waals surface area contributed by atoms with Crippen molar-refractivity contribution >= 4 is 5.65 Å². The van der Waals surface area contributed by atoms with Gasteiger partial charge in [-0.05, 0) is 39.8 Å². The van der Waals surface area contributed by atoms with Crippen LogP contribution in [0.5, 0.6) is 5.75 Å². The molecule has 2 aromatic heterocycles. The van der Waals surface area contributed by atoms with E-state index < -0.39 is 0 Å². The van der Waals surface area contributed by atoms with Crippen molar-refractivity contribution in [3.63, 3.8) is 0 Å². The largest absolute Gasteiger partial charge is 0.488 e. The average Bonchev–Trinajstić information content (AvgIpc) is 2.52. The molecule has 0 fully saturated rings. The summed E-state index contributed by atoms with van der Waals surface area (Å²) in [5.74, 6) is 0.780. The third kappa shape index (κ3) is 2.42. The maximum Gasteiger partial charge on any atom is 0.180 e. The monoisotopic (exact) mass is 233 g/mol. The van der Waals surface area contributed by atoms with E-state index in [2.05, 4.69) is 4.98 Å². The summed E-state index contributed by atoms with van der Waals surface area (Å²) < 4.78 is 7.78. The van der Waals surface area contributed by atoms with E-state index in [0.29, 0.717) is 6.61 Å². The second-order valence-corrected chi connectivity index (χ2v) is 5.13. The van der Waals surface area contributed by atoms with Gasteiger partial charge < -0.3 is 14.9 Å². The molecule has 0 atom stereocenters. The first kappa shape index (κ1) is 11.9. The third-order valence-corrected chi connectivity index (χ3v) is 2.69. The summed E-state index contributed by atoms with van der Waals surface area (Å²) in [4.78, 5) is 4.51. The van der Waals surface area contributed by atoms with E-state index in [0.717, 1.165) is 22.8 Å². The minimum Gasteiger partial charge on any atom is -0.488 e. The van der Waals surface area contributed by atoms with Crippen LogP contribution in [0.4, 0.5) is 0 Å². The predicted octanol–water partition coefficient (Wildman–Crippen LogP) is 2.07. The summed E-state index contributed by atoms with van der Waals surface area (Å²) >= 11 is 0. The van der Waals surface area contributed by atoms with Crippen LogP contribution in [-0.2, 0) is 0 Å². The zero-order valence-corrected chi connectivity index (χ0v) is 10.8. The van der Waals surface area contributed by atoms with Crippen molar-refractivity contribution in [2.45, 2.75) is 33.2 Å². The SMILES string of the molecule is Cc1nc2c(OCC(C)(C)N)cccn2c1C. The normalized spacial score (nSPS) is 12.1. The molecule has 0 bridgehead atoms. The first-order chi connectivity index (χ1) is 7.88. The molecule has 0 aliphatic heterocycles. The molecule has 0 aliphatic rings. The standard InChI is InChI=1S/C13H19N3O/c1-9-10(2)16-7-5-6-11(12(16)15-9)17-8-13(3,4)14/h5-7H,8,14H2,1-4H3. The molecule has 2 heterocycles. The van der Waals surface area contributed by atoms with E-state index in [1.54, 1.807) is 0 Å². The number of hydrogen-bond donors (Lipinski definition) is 1. The topological polar surface area (TPSA) is 52.5 Å². The predicted molar refractivity (Wildman–Crippen MR) is 68.4 cm³/mol. The minimum atomic E-state index is -0.344. The van der Waals surface area contributed by atoms with Crippen LogP contribution >= 0.6 is 0 Å². The van der Waals surface area contributed by atoms with Gasteiger partial charge in [-0.3, -0.25) is 0 Å². The molecule has 0 aliphatic carbocycles. The summed E-state index contributed by atoms with van der Waals surface area (Å²) in [6, 6.07) is 3.88. The number of aryl methyl sites for hydroxylation is 2. The highest BCUT2D eigenvalue weighted by Gasteiger charge is 2.14. The van der Waals surface area contributed by atoms with Crippen LogP contribution in [0.2, 0.25) is 0 Å². The number of aromatic nitrogens is 2. The fraction of sp³-hybridized carbons (Fsp3) is 0.462. The summed E-state index contributed by atoms with van der Waals surface area (Å²) in [6.45, 7) is 8.40. The van der Waals surface area contributed by atoms with Crippen LogP contribution in [0.25, 0.3) is 5.65 Å². The number of fused-ring (bicyclic) bond motifs is 1. The molecule has 2 aromatic rings. The summed E-state index contributed by atoms with van der Waals surface area (Å²) in [5.41, 5.74) is 8.58. The van der Waals surface area contributed by atoms with E-state index >= 15 is 0 Å². The Morgan fingerprint density at radius 3 is 2.76 bits per heavy atom. The van der Waals surface area contributed by atoms with Crippen molar-refractivity contribution < 1.29 is 4.74 Å². The highest BCUT2D eigenvalue weighted by molar-refractivity contribution is 5.55. The Kier molecular flexibility index (Phi) is 2.83. The Bertz CT molecular complexity index is 537. The summed E-state index contributed by atoms with van der Waals surface area (Å²) in [6.07, 6.45) is 1.99. The molecule has 4 heteroatoms. The van der Waals surface area contributed by atoms with Gasteiger partial charge in [0.1, 0.15) is 6.61 Å². The second kappa shape index (κ2) is 4.04. The molecule has 0 aromatic carbocycles. The number of pyridine rings is 1. The number of rotatable bonds is 3. The van der Waals surface area contributed by atoms with Gasteiger partial charge in [0.15, 0.2) is 11.4 Å². The van der Waals surface area contributed by atoms with E-state index in [1.807, 2.05) is 50.4 Å². The highest BCUT2D eigenvalue weighted by Crippen LogP contribution is 2.22. The van der Waals surface area contributed by atoms with Gasteiger partial charge in [-0.25, -0.2) is 4.98 Å². The van der Waals surface area contributed by atoms with Gasteiger partial charge in [0, 0.05) is 17.4 Å². The lowest BCUT2D eigenvalue weighted by Crippen LogP contribution is -2.38. The van der Waals surface area contributed by atoms with Gasteiger partial charge in [-0.1, -0.05) is 0 Å². The van der Waals surface area contributed by atoms with Crippen LogP contribution < -0.4 is 10.5 Å². The smallest absolute Gasteiger partial charge is 0.180 e. The number of imidazole rings is 1. The highest BCUT2D eigenvalue weighted by atomic mass is 16.5. The van der Waals surface area contributed by atoms with E-state index in [1.165, 1.54) is 0 Å². The summed E-state index contributed by atoms with van der Waals surface area (Å²) in [7, 11) is 0. The minimum absolute atomic E-state index is 0.344. The van der Waals surface area contributed by atoms with Crippen LogP contribution in [-0.4, -0.2) is 21.5 Å². The van der Waals surface area contributed by atoms with E-state index in [-0.39, 0.29) is 5.54 Å². The molecule has 17 heavy (non-hydrogen) atoms. The van der Waals surface area contributed by atoms with Crippen LogP contribution in [0.3, 0.4) is 0 Å². The molecular weight excluding hydrogens is 214 g/mol. The molecule has 92 valence electrons. The average molecular weight is 233 g/mol. The molecule has 0 spiro atoms. The Morgan fingerprint density at radius 2 is 2.12 bits per heavy atom. The Morgan fingerprint density at radius 1 is 1.41 bits per heavy atom. The Hall–Kier alpha value is -1.55. The number of hydrogen-bond acceptors (Lipinski definition) is 3. The fourth-order valence-corrected chi connectivity index (χ4v) is 1.65. The van der Waals surface area contributed by atoms with Gasteiger partial charge in [0.25, 0.3) is 0 Å². The van der Waals surface area contributed by atoms with Gasteiger partial charge >= 0.3 is 0 Å². The van der Waals surface area contributed by atoms with Crippen LogP contribution in [0.1, 0.15) is 25.2 Å². The molecular formula is C13H19N3O. The van der Waals surface area contributed by atoms with Crippen LogP contribution in [0, 0.1) is 13.8 Å². The fourth-order valence-electron chi connectivity index (χ4n) is 1.65. The van der Waals surface area contributed by atoms with Gasteiger partial charge in [-0.15, -0.1) is 0 Å². The molecule has 0 saturated carbocycles. The number of nitrogens with two attached hydrogens (primary N) is 1. The number of ether oxygens (including phenoxy) is 1. The molecule has 0 saturated heterocycles. The lowest BCUT2D eigenvalue weighted by molar-refractivity contribution is 0.245. The zero-order chi connectivity index (χ0) is 12.6. The maximum absolute atomic E-state index is 5.91. The molecule has 0 unspecified atom stereocenters. The van der Waals surface area contributed by atoms with Crippen molar-refractivity contribution in [2.75, 3.05) is 6.61 Å². The van der Waals surface area contributed by atoms with Gasteiger partial charge in [-0.2, -0.15) is 0 Å². The Balaban J connectivity index is 2.38. The molecule has 4 nitrogen and oxygen atoms in total. The maximum atomic E-state index is 5.91. The lowest BCUT2D eigenvalue weighted by atomic mass is 10.1.